The SMILES string of the molecule is CC1(CN)CCN(Cc2ccc(-c3cccc([N+](=O)[O-])c3)o2)C1. The van der Waals surface area contributed by atoms with Crippen LogP contribution in [0.5, 0.6) is 0 Å². The van der Waals surface area contributed by atoms with Crippen LogP contribution in [0.2, 0.25) is 0 Å². The van der Waals surface area contributed by atoms with Gasteiger partial charge in [0.2, 0.25) is 0 Å². The standard InChI is InChI=1S/C17H21N3O3/c1-17(11-18)7-8-19(12-17)10-15-5-6-16(23-15)13-3-2-4-14(9-13)20(21)22/h2-6,9H,7-8,10-12,18H2,1H3. The summed E-state index contributed by atoms with van der Waals surface area (Å²) in [6, 6.07) is 10.3. The van der Waals surface area contributed by atoms with Crippen molar-refractivity contribution in [3.8, 4) is 11.3 Å². The molecule has 1 aliphatic rings. The molecule has 122 valence electrons. The zero-order valence-electron chi connectivity index (χ0n) is 13.2. The smallest absolute Gasteiger partial charge is 0.270 e. The lowest BCUT2D eigenvalue weighted by Crippen LogP contribution is -2.31. The van der Waals surface area contributed by atoms with Gasteiger partial charge in [0.1, 0.15) is 11.5 Å². The third-order valence-electron chi connectivity index (χ3n) is 4.51. The molecule has 0 aliphatic carbocycles. The Morgan fingerprint density at radius 1 is 1.39 bits per heavy atom. The molecular formula is C17H21N3O3. The Morgan fingerprint density at radius 3 is 2.91 bits per heavy atom. The lowest BCUT2D eigenvalue weighted by molar-refractivity contribution is -0.384. The first kappa shape index (κ1) is 15.7. The van der Waals surface area contributed by atoms with Gasteiger partial charge in [-0.1, -0.05) is 19.1 Å². The molecule has 1 atom stereocenters. The van der Waals surface area contributed by atoms with E-state index in [1.165, 1.54) is 12.1 Å². The number of benzene rings is 1. The molecule has 1 aromatic carbocycles. The Hall–Kier alpha value is -2.18. The van der Waals surface area contributed by atoms with Crippen LogP contribution in [0.25, 0.3) is 11.3 Å². The maximum atomic E-state index is 10.9. The van der Waals surface area contributed by atoms with Crippen molar-refractivity contribution in [3.63, 3.8) is 0 Å². The Morgan fingerprint density at radius 2 is 2.22 bits per heavy atom. The first-order valence-electron chi connectivity index (χ1n) is 7.75. The van der Waals surface area contributed by atoms with Crippen LogP contribution < -0.4 is 5.73 Å². The van der Waals surface area contributed by atoms with Crippen molar-refractivity contribution in [2.75, 3.05) is 19.6 Å². The van der Waals surface area contributed by atoms with Crippen molar-refractivity contribution in [1.82, 2.24) is 4.90 Å². The highest BCUT2D eigenvalue weighted by Gasteiger charge is 2.32. The summed E-state index contributed by atoms with van der Waals surface area (Å²) in [4.78, 5) is 12.8. The molecule has 6 nitrogen and oxygen atoms in total. The van der Waals surface area contributed by atoms with E-state index in [0.29, 0.717) is 12.3 Å². The maximum Gasteiger partial charge on any atom is 0.270 e. The first-order valence-corrected chi connectivity index (χ1v) is 7.75. The summed E-state index contributed by atoms with van der Waals surface area (Å²) in [5, 5.41) is 10.9. The Bertz CT molecular complexity index is 713. The maximum absolute atomic E-state index is 10.9. The first-order chi connectivity index (χ1) is 11.0. The van der Waals surface area contributed by atoms with Crippen LogP contribution in [0.15, 0.2) is 40.8 Å². The van der Waals surface area contributed by atoms with Gasteiger partial charge in [-0.3, -0.25) is 15.0 Å². The number of hydrogen-bond donors (Lipinski definition) is 1. The van der Waals surface area contributed by atoms with E-state index in [4.69, 9.17) is 10.2 Å². The number of nitrogens with two attached hydrogens (primary N) is 1. The number of nitro groups is 1. The molecule has 0 bridgehead atoms. The second kappa shape index (κ2) is 6.14. The summed E-state index contributed by atoms with van der Waals surface area (Å²) >= 11 is 0. The zero-order chi connectivity index (χ0) is 16.4. The van der Waals surface area contributed by atoms with Gasteiger partial charge in [-0.05, 0) is 37.1 Å². The number of nitrogens with zero attached hydrogens (tertiary/aromatic N) is 2. The zero-order valence-corrected chi connectivity index (χ0v) is 13.2. The number of hydrogen-bond acceptors (Lipinski definition) is 5. The second-order valence-electron chi connectivity index (χ2n) is 6.55. The minimum Gasteiger partial charge on any atom is -0.460 e. The van der Waals surface area contributed by atoms with Crippen molar-refractivity contribution in [3.05, 3.63) is 52.3 Å². The highest BCUT2D eigenvalue weighted by atomic mass is 16.6. The number of nitro benzene ring substituents is 1. The van der Waals surface area contributed by atoms with Crippen LogP contribution in [0.4, 0.5) is 5.69 Å². The quantitative estimate of drug-likeness (QED) is 0.677. The van der Waals surface area contributed by atoms with Gasteiger partial charge in [0.05, 0.1) is 11.5 Å². The van der Waals surface area contributed by atoms with Crippen molar-refractivity contribution in [2.24, 2.45) is 11.1 Å². The summed E-state index contributed by atoms with van der Waals surface area (Å²) in [7, 11) is 0. The van der Waals surface area contributed by atoms with Gasteiger partial charge < -0.3 is 10.2 Å². The normalized spacial score (nSPS) is 21.7. The fraction of sp³-hybridized carbons (Fsp3) is 0.412. The highest BCUT2D eigenvalue weighted by Crippen LogP contribution is 2.31. The molecule has 3 rings (SSSR count). The van der Waals surface area contributed by atoms with Gasteiger partial charge >= 0.3 is 0 Å². The molecule has 0 amide bonds. The van der Waals surface area contributed by atoms with E-state index in [-0.39, 0.29) is 11.1 Å². The van der Waals surface area contributed by atoms with E-state index >= 15 is 0 Å². The van der Waals surface area contributed by atoms with E-state index in [9.17, 15) is 10.1 Å². The Balaban J connectivity index is 1.71. The third-order valence-corrected chi connectivity index (χ3v) is 4.51. The molecule has 1 unspecified atom stereocenters. The van der Waals surface area contributed by atoms with E-state index < -0.39 is 4.92 Å². The minimum absolute atomic E-state index is 0.0682. The topological polar surface area (TPSA) is 85.5 Å². The van der Waals surface area contributed by atoms with Crippen molar-refractivity contribution >= 4 is 5.69 Å². The molecule has 2 heterocycles. The molecule has 2 aromatic rings. The second-order valence-corrected chi connectivity index (χ2v) is 6.55. The van der Waals surface area contributed by atoms with Gasteiger partial charge in [-0.2, -0.15) is 0 Å². The Labute approximate surface area is 135 Å². The summed E-state index contributed by atoms with van der Waals surface area (Å²) in [6.07, 6.45) is 1.10. The molecule has 2 N–H and O–H groups in total. The monoisotopic (exact) mass is 315 g/mol. The van der Waals surface area contributed by atoms with E-state index in [1.807, 2.05) is 18.2 Å². The van der Waals surface area contributed by atoms with Crippen LogP contribution in [0.3, 0.4) is 0 Å². The average molecular weight is 315 g/mol. The van der Waals surface area contributed by atoms with Crippen LogP contribution in [0.1, 0.15) is 19.1 Å². The van der Waals surface area contributed by atoms with Crippen molar-refractivity contribution in [1.29, 1.82) is 0 Å². The van der Waals surface area contributed by atoms with Crippen LogP contribution in [-0.4, -0.2) is 29.5 Å². The average Bonchev–Trinajstić information content (AvgIpc) is 3.15. The molecule has 0 spiro atoms. The van der Waals surface area contributed by atoms with E-state index in [2.05, 4.69) is 11.8 Å². The van der Waals surface area contributed by atoms with Crippen molar-refractivity contribution < 1.29 is 9.34 Å². The number of likely N-dealkylation sites (tertiary alicyclic amines) is 1. The molecule has 1 aliphatic heterocycles. The molecule has 0 saturated carbocycles. The predicted molar refractivity (Wildman–Crippen MR) is 87.9 cm³/mol. The number of rotatable bonds is 5. The molecule has 6 heteroatoms. The van der Waals surface area contributed by atoms with Crippen LogP contribution in [-0.2, 0) is 6.54 Å². The minimum atomic E-state index is -0.398. The molecule has 23 heavy (non-hydrogen) atoms. The van der Waals surface area contributed by atoms with Gasteiger partial charge in [-0.25, -0.2) is 0 Å². The number of furan rings is 1. The predicted octanol–water partition coefficient (Wildman–Crippen LogP) is 3.03. The summed E-state index contributed by atoms with van der Waals surface area (Å²) < 4.78 is 5.87. The Kier molecular flexibility index (Phi) is 4.19. The number of non-ortho nitro benzene ring substituents is 1. The third kappa shape index (κ3) is 3.43. The lowest BCUT2D eigenvalue weighted by Gasteiger charge is -2.21. The molecule has 1 saturated heterocycles. The van der Waals surface area contributed by atoms with Gasteiger partial charge in [0.25, 0.3) is 5.69 Å². The molecule has 1 fully saturated rings. The largest absolute Gasteiger partial charge is 0.460 e. The van der Waals surface area contributed by atoms with Gasteiger partial charge in [-0.15, -0.1) is 0 Å². The van der Waals surface area contributed by atoms with Crippen LogP contribution >= 0.6 is 0 Å². The molecule has 1 aromatic heterocycles. The van der Waals surface area contributed by atoms with Crippen LogP contribution in [0, 0.1) is 15.5 Å². The highest BCUT2D eigenvalue weighted by molar-refractivity contribution is 5.61. The fourth-order valence-corrected chi connectivity index (χ4v) is 3.04. The van der Waals surface area contributed by atoms with Gasteiger partial charge in [0.15, 0.2) is 0 Å². The van der Waals surface area contributed by atoms with Crippen molar-refractivity contribution in [2.45, 2.75) is 19.9 Å². The van der Waals surface area contributed by atoms with E-state index in [1.54, 1.807) is 6.07 Å². The summed E-state index contributed by atoms with van der Waals surface area (Å²) in [5.41, 5.74) is 6.82. The molecular weight excluding hydrogens is 294 g/mol. The van der Waals surface area contributed by atoms with E-state index in [0.717, 1.165) is 37.4 Å². The lowest BCUT2D eigenvalue weighted by atomic mass is 9.90. The summed E-state index contributed by atoms with van der Waals surface area (Å²) in [5.74, 6) is 1.53. The fourth-order valence-electron chi connectivity index (χ4n) is 3.04. The van der Waals surface area contributed by atoms with Gasteiger partial charge in [0, 0.05) is 24.2 Å². The summed E-state index contributed by atoms with van der Waals surface area (Å²) in [6.45, 7) is 5.63. The molecule has 0 radical (unpaired) electrons.